The first kappa shape index (κ1) is 9.31. The number of alkyl halides is 1. The molecule has 74 valence electrons. The number of urea groups is 1. The van der Waals surface area contributed by atoms with Crippen molar-refractivity contribution in [2.75, 3.05) is 25.0 Å². The molecular weight excluding hydrogens is 232 g/mol. The van der Waals surface area contributed by atoms with E-state index in [2.05, 4.69) is 21.2 Å². The van der Waals surface area contributed by atoms with E-state index in [0.717, 1.165) is 25.0 Å². The molecule has 0 radical (unpaired) electrons. The molecule has 0 atom stereocenters. The summed E-state index contributed by atoms with van der Waals surface area (Å²) in [6, 6.07) is 0.118. The first-order valence-corrected chi connectivity index (χ1v) is 5.97. The summed E-state index contributed by atoms with van der Waals surface area (Å²) >= 11 is 3.55. The first-order chi connectivity index (χ1) is 6.26. The van der Waals surface area contributed by atoms with Gasteiger partial charge in [0, 0.05) is 25.0 Å². The van der Waals surface area contributed by atoms with Crippen LogP contribution < -0.4 is 5.32 Å². The zero-order valence-electron chi connectivity index (χ0n) is 7.68. The van der Waals surface area contributed by atoms with Gasteiger partial charge in [0.15, 0.2) is 0 Å². The van der Waals surface area contributed by atoms with Crippen molar-refractivity contribution >= 4 is 22.0 Å². The van der Waals surface area contributed by atoms with E-state index in [9.17, 15) is 4.79 Å². The van der Waals surface area contributed by atoms with Crippen LogP contribution >= 0.6 is 15.9 Å². The van der Waals surface area contributed by atoms with E-state index in [0.29, 0.717) is 5.41 Å². The van der Waals surface area contributed by atoms with Crippen molar-refractivity contribution in [2.24, 2.45) is 5.41 Å². The quantitative estimate of drug-likeness (QED) is 0.754. The predicted octanol–water partition coefficient (Wildman–Crippen LogP) is 1.58. The molecule has 1 N–H and O–H groups in total. The number of halogens is 1. The summed E-state index contributed by atoms with van der Waals surface area (Å²) in [6.07, 6.45) is 3.85. The Labute approximate surface area is 87.0 Å². The summed E-state index contributed by atoms with van der Waals surface area (Å²) < 4.78 is 0. The number of nitrogens with zero attached hydrogens (tertiary/aromatic N) is 1. The van der Waals surface area contributed by atoms with E-state index >= 15 is 0 Å². The molecule has 1 heterocycles. The van der Waals surface area contributed by atoms with Crippen molar-refractivity contribution in [3.05, 3.63) is 0 Å². The molecule has 0 aromatic heterocycles. The highest BCUT2D eigenvalue weighted by Crippen LogP contribution is 2.43. The highest BCUT2D eigenvalue weighted by Gasteiger charge is 2.39. The predicted molar refractivity (Wildman–Crippen MR) is 55.0 cm³/mol. The van der Waals surface area contributed by atoms with Crippen molar-refractivity contribution in [1.82, 2.24) is 10.2 Å². The Hall–Kier alpha value is -0.250. The number of carbonyl (C=O) groups is 1. The molecular formula is C9H15BrN2O. The zero-order chi connectivity index (χ0) is 9.31. The van der Waals surface area contributed by atoms with Crippen molar-refractivity contribution in [3.63, 3.8) is 0 Å². The van der Waals surface area contributed by atoms with Crippen LogP contribution in [-0.4, -0.2) is 35.9 Å². The molecule has 2 amide bonds. The van der Waals surface area contributed by atoms with Crippen LogP contribution in [0.2, 0.25) is 0 Å². The summed E-state index contributed by atoms with van der Waals surface area (Å²) in [5.74, 6) is 0. The van der Waals surface area contributed by atoms with Gasteiger partial charge >= 0.3 is 6.03 Å². The van der Waals surface area contributed by atoms with E-state index in [4.69, 9.17) is 0 Å². The van der Waals surface area contributed by atoms with Gasteiger partial charge in [-0.1, -0.05) is 22.4 Å². The lowest BCUT2D eigenvalue weighted by molar-refractivity contribution is 0.115. The topological polar surface area (TPSA) is 32.3 Å². The molecule has 2 rings (SSSR count). The maximum absolute atomic E-state index is 11.3. The van der Waals surface area contributed by atoms with Gasteiger partial charge in [0.2, 0.25) is 0 Å². The SMILES string of the molecule is O=C1NCCN1CC1(CBr)CCC1. The molecule has 1 aliphatic heterocycles. The Kier molecular flexibility index (Phi) is 2.49. The molecule has 1 saturated carbocycles. The van der Waals surface area contributed by atoms with E-state index in [1.165, 1.54) is 19.3 Å². The van der Waals surface area contributed by atoms with Crippen molar-refractivity contribution in [2.45, 2.75) is 19.3 Å². The van der Waals surface area contributed by atoms with Crippen LogP contribution in [0.4, 0.5) is 4.79 Å². The summed E-state index contributed by atoms with van der Waals surface area (Å²) in [4.78, 5) is 13.3. The van der Waals surface area contributed by atoms with Gasteiger partial charge in [-0.05, 0) is 18.3 Å². The van der Waals surface area contributed by atoms with Gasteiger partial charge in [0.05, 0.1) is 0 Å². The number of rotatable bonds is 3. The molecule has 13 heavy (non-hydrogen) atoms. The Morgan fingerprint density at radius 3 is 2.69 bits per heavy atom. The molecule has 0 aromatic carbocycles. The monoisotopic (exact) mass is 246 g/mol. The molecule has 1 aliphatic carbocycles. The van der Waals surface area contributed by atoms with Gasteiger partial charge in [-0.2, -0.15) is 0 Å². The lowest BCUT2D eigenvalue weighted by Gasteiger charge is -2.42. The fourth-order valence-electron chi connectivity index (χ4n) is 2.08. The highest BCUT2D eigenvalue weighted by atomic mass is 79.9. The van der Waals surface area contributed by atoms with E-state index < -0.39 is 0 Å². The lowest BCUT2D eigenvalue weighted by Crippen LogP contribution is -2.44. The Bertz CT molecular complexity index is 210. The average molecular weight is 247 g/mol. The third-order valence-electron chi connectivity index (χ3n) is 3.17. The zero-order valence-corrected chi connectivity index (χ0v) is 9.27. The molecule has 0 spiro atoms. The largest absolute Gasteiger partial charge is 0.336 e. The second-order valence-electron chi connectivity index (χ2n) is 4.14. The van der Waals surface area contributed by atoms with Crippen molar-refractivity contribution in [3.8, 4) is 0 Å². The number of carbonyl (C=O) groups excluding carboxylic acids is 1. The second kappa shape index (κ2) is 3.48. The van der Waals surface area contributed by atoms with Crippen LogP contribution in [0.25, 0.3) is 0 Å². The van der Waals surface area contributed by atoms with Crippen LogP contribution in [0.15, 0.2) is 0 Å². The highest BCUT2D eigenvalue weighted by molar-refractivity contribution is 9.09. The van der Waals surface area contributed by atoms with Gasteiger partial charge < -0.3 is 10.2 Å². The van der Waals surface area contributed by atoms with Gasteiger partial charge in [-0.25, -0.2) is 4.79 Å². The van der Waals surface area contributed by atoms with E-state index in [1.807, 2.05) is 4.90 Å². The van der Waals surface area contributed by atoms with Gasteiger partial charge in [0.25, 0.3) is 0 Å². The average Bonchev–Trinajstić information content (AvgIpc) is 2.44. The van der Waals surface area contributed by atoms with Gasteiger partial charge in [-0.15, -0.1) is 0 Å². The maximum Gasteiger partial charge on any atom is 0.317 e. The molecule has 0 bridgehead atoms. The summed E-state index contributed by atoms with van der Waals surface area (Å²) in [5.41, 5.74) is 0.391. The Morgan fingerprint density at radius 2 is 2.31 bits per heavy atom. The fraction of sp³-hybridized carbons (Fsp3) is 0.889. The summed E-state index contributed by atoms with van der Waals surface area (Å²) in [6.45, 7) is 2.63. The van der Waals surface area contributed by atoms with E-state index in [1.54, 1.807) is 0 Å². The molecule has 1 saturated heterocycles. The minimum atomic E-state index is 0.118. The lowest BCUT2D eigenvalue weighted by atomic mass is 9.70. The molecule has 0 aromatic rings. The minimum Gasteiger partial charge on any atom is -0.336 e. The van der Waals surface area contributed by atoms with Gasteiger partial charge in [-0.3, -0.25) is 0 Å². The Morgan fingerprint density at radius 1 is 1.54 bits per heavy atom. The Balaban J connectivity index is 1.92. The maximum atomic E-state index is 11.3. The van der Waals surface area contributed by atoms with Crippen LogP contribution in [0, 0.1) is 5.41 Å². The minimum absolute atomic E-state index is 0.118. The number of hydrogen-bond acceptors (Lipinski definition) is 1. The van der Waals surface area contributed by atoms with Crippen molar-refractivity contribution in [1.29, 1.82) is 0 Å². The molecule has 3 nitrogen and oxygen atoms in total. The second-order valence-corrected chi connectivity index (χ2v) is 4.70. The standard InChI is InChI=1S/C9H15BrN2O/c10-6-9(2-1-3-9)7-12-5-4-11-8(12)13/h1-7H2,(H,11,13). The molecule has 0 unspecified atom stereocenters. The van der Waals surface area contributed by atoms with Crippen LogP contribution in [0.3, 0.4) is 0 Å². The van der Waals surface area contributed by atoms with Crippen LogP contribution in [0.1, 0.15) is 19.3 Å². The normalized spacial score (nSPS) is 25.6. The third kappa shape index (κ3) is 1.68. The molecule has 4 heteroatoms. The van der Waals surface area contributed by atoms with Crippen LogP contribution in [0.5, 0.6) is 0 Å². The van der Waals surface area contributed by atoms with Crippen LogP contribution in [-0.2, 0) is 0 Å². The third-order valence-corrected chi connectivity index (χ3v) is 4.36. The number of hydrogen-bond donors (Lipinski definition) is 1. The number of nitrogens with one attached hydrogen (secondary N) is 1. The smallest absolute Gasteiger partial charge is 0.317 e. The summed E-state index contributed by atoms with van der Waals surface area (Å²) in [5, 5.41) is 3.87. The molecule has 2 fully saturated rings. The first-order valence-electron chi connectivity index (χ1n) is 4.85. The number of amides is 2. The van der Waals surface area contributed by atoms with E-state index in [-0.39, 0.29) is 6.03 Å². The van der Waals surface area contributed by atoms with Crippen molar-refractivity contribution < 1.29 is 4.79 Å². The molecule has 2 aliphatic rings. The summed E-state index contributed by atoms with van der Waals surface area (Å²) in [7, 11) is 0. The van der Waals surface area contributed by atoms with Gasteiger partial charge in [0.1, 0.15) is 0 Å². The fourth-order valence-corrected chi connectivity index (χ4v) is 2.82.